The second-order valence-electron chi connectivity index (χ2n) is 2.78. The third-order valence-corrected chi connectivity index (χ3v) is 1.97. The van der Waals surface area contributed by atoms with Gasteiger partial charge in [-0.05, 0) is 12.1 Å². The Morgan fingerprint density at radius 3 is 2.75 bits per heavy atom. The van der Waals surface area contributed by atoms with Crippen LogP contribution in [-0.4, -0.2) is 14.8 Å². The highest BCUT2D eigenvalue weighted by molar-refractivity contribution is 5.76. The molecular weight excluding hydrogens is 152 g/mol. The molecule has 0 saturated carbocycles. The number of pyridine rings is 1. The molecule has 0 unspecified atom stereocenters. The van der Waals surface area contributed by atoms with E-state index in [1.165, 1.54) is 0 Å². The maximum absolute atomic E-state index is 5.46. The van der Waals surface area contributed by atoms with Crippen LogP contribution in [0, 0.1) is 0 Å². The smallest absolute Gasteiger partial charge is 0.183 e. The number of nitrogens with zero attached hydrogens (tertiary/aromatic N) is 3. The summed E-state index contributed by atoms with van der Waals surface area (Å²) in [6, 6.07) is 3.74. The van der Waals surface area contributed by atoms with Crippen molar-refractivity contribution in [3.8, 4) is 16.9 Å². The van der Waals surface area contributed by atoms with Gasteiger partial charge in [0.15, 0.2) is 5.82 Å². The van der Waals surface area contributed by atoms with Crippen LogP contribution in [-0.2, 0) is 0 Å². The molecule has 0 atom stereocenters. The Morgan fingerprint density at radius 2 is 2.25 bits per heavy atom. The van der Waals surface area contributed by atoms with Crippen LogP contribution in [0.2, 0.25) is 0 Å². The van der Waals surface area contributed by atoms with E-state index < -0.39 is 0 Å². The Bertz CT molecular complexity index is 441. The predicted molar refractivity (Wildman–Crippen MR) is 44.8 cm³/mol. The molecule has 0 bridgehead atoms. The third-order valence-electron chi connectivity index (χ3n) is 1.97. The molecule has 0 aliphatic carbocycles. The largest absolute Gasteiger partial charge is 0.384 e. The number of fused-ring (bicyclic) bond motifs is 1. The molecule has 2 aliphatic rings. The SMILES string of the molecule is Nc1ccc(-c2cn3nc2-3)cn1. The number of hydrogen-bond donors (Lipinski definition) is 1. The Hall–Kier alpha value is -1.84. The summed E-state index contributed by atoms with van der Waals surface area (Å²) in [7, 11) is 0. The maximum Gasteiger partial charge on any atom is 0.183 e. The number of hydrogen-bond acceptors (Lipinski definition) is 3. The van der Waals surface area contributed by atoms with Crippen LogP contribution >= 0.6 is 0 Å². The molecular formula is C8H6N4. The van der Waals surface area contributed by atoms with Crippen LogP contribution in [0.25, 0.3) is 16.9 Å². The van der Waals surface area contributed by atoms with Gasteiger partial charge in [-0.3, -0.25) is 0 Å². The Morgan fingerprint density at radius 1 is 1.33 bits per heavy atom. The number of nitrogens with two attached hydrogens (primary N) is 1. The lowest BCUT2D eigenvalue weighted by atomic mass is 10.1. The van der Waals surface area contributed by atoms with Crippen molar-refractivity contribution >= 4 is 5.82 Å². The lowest BCUT2D eigenvalue weighted by Gasteiger charge is -2.02. The van der Waals surface area contributed by atoms with Gasteiger partial charge in [-0.1, -0.05) is 0 Å². The molecule has 2 N–H and O–H groups in total. The molecule has 3 heterocycles. The summed E-state index contributed by atoms with van der Waals surface area (Å²) < 4.78 is 1.84. The minimum atomic E-state index is 0.549. The summed E-state index contributed by atoms with van der Waals surface area (Å²) in [5.41, 5.74) is 7.70. The molecule has 4 nitrogen and oxygen atoms in total. The molecule has 12 heavy (non-hydrogen) atoms. The molecule has 0 spiro atoms. The van der Waals surface area contributed by atoms with Crippen molar-refractivity contribution in [1.29, 1.82) is 0 Å². The summed E-state index contributed by atoms with van der Waals surface area (Å²) in [6.45, 7) is 0. The average Bonchev–Trinajstić information content (AvgIpc) is 2.67. The van der Waals surface area contributed by atoms with Crippen molar-refractivity contribution in [2.45, 2.75) is 0 Å². The fourth-order valence-corrected chi connectivity index (χ4v) is 1.23. The standard InChI is InChI=1S/C8H6N4/c9-7-2-1-5(3-10-7)6-4-12-8(6)11-12/h1-4H,(H2,9,10). The van der Waals surface area contributed by atoms with E-state index in [1.54, 1.807) is 12.3 Å². The minimum Gasteiger partial charge on any atom is -0.384 e. The van der Waals surface area contributed by atoms with E-state index in [2.05, 4.69) is 10.1 Å². The quantitative estimate of drug-likeness (QED) is 0.570. The lowest BCUT2D eigenvalue weighted by Crippen LogP contribution is -1.91. The second-order valence-corrected chi connectivity index (χ2v) is 2.78. The van der Waals surface area contributed by atoms with Gasteiger partial charge in [0.05, 0.1) is 0 Å². The molecule has 0 saturated heterocycles. The number of aromatic nitrogens is 3. The first-order chi connectivity index (χ1) is 5.84. The van der Waals surface area contributed by atoms with Crippen LogP contribution < -0.4 is 5.73 Å². The first-order valence-corrected chi connectivity index (χ1v) is 3.66. The van der Waals surface area contributed by atoms with Crippen LogP contribution in [0.5, 0.6) is 0 Å². The second kappa shape index (κ2) is 1.66. The fourth-order valence-electron chi connectivity index (χ4n) is 1.23. The number of nitrogen functional groups attached to an aromatic ring is 1. The minimum absolute atomic E-state index is 0.549. The van der Waals surface area contributed by atoms with Crippen LogP contribution in [0.3, 0.4) is 0 Å². The molecule has 0 aromatic carbocycles. The Kier molecular flexibility index (Phi) is 0.798. The summed E-state index contributed by atoms with van der Waals surface area (Å²) in [6.07, 6.45) is 3.74. The van der Waals surface area contributed by atoms with Crippen molar-refractivity contribution in [3.63, 3.8) is 0 Å². The Labute approximate surface area is 68.6 Å². The van der Waals surface area contributed by atoms with E-state index in [-0.39, 0.29) is 0 Å². The molecule has 2 aliphatic heterocycles. The van der Waals surface area contributed by atoms with Gasteiger partial charge in [-0.25, -0.2) is 9.67 Å². The van der Waals surface area contributed by atoms with Crippen molar-refractivity contribution in [2.75, 3.05) is 5.73 Å². The molecule has 1 aromatic rings. The van der Waals surface area contributed by atoms with E-state index >= 15 is 0 Å². The first kappa shape index (κ1) is 5.77. The Balaban J connectivity index is 2.09. The molecule has 0 amide bonds. The van der Waals surface area contributed by atoms with Crippen LogP contribution in [0.4, 0.5) is 5.82 Å². The van der Waals surface area contributed by atoms with Crippen molar-refractivity contribution in [2.24, 2.45) is 0 Å². The highest BCUT2D eigenvalue weighted by Gasteiger charge is 2.24. The monoisotopic (exact) mass is 158 g/mol. The normalized spacial score (nSPS) is 11.7. The zero-order valence-corrected chi connectivity index (χ0v) is 6.23. The molecule has 0 fully saturated rings. The molecule has 3 rings (SSSR count). The van der Waals surface area contributed by atoms with E-state index in [9.17, 15) is 0 Å². The average molecular weight is 158 g/mol. The highest BCUT2D eigenvalue weighted by Crippen LogP contribution is 2.34. The van der Waals surface area contributed by atoms with Gasteiger partial charge in [0.2, 0.25) is 0 Å². The topological polar surface area (TPSA) is 56.7 Å². The van der Waals surface area contributed by atoms with Gasteiger partial charge >= 0.3 is 0 Å². The lowest BCUT2D eigenvalue weighted by molar-refractivity contribution is 1.11. The zero-order chi connectivity index (χ0) is 8.13. The van der Waals surface area contributed by atoms with E-state index in [1.807, 2.05) is 16.9 Å². The zero-order valence-electron chi connectivity index (χ0n) is 6.23. The van der Waals surface area contributed by atoms with Gasteiger partial charge in [-0.2, -0.15) is 0 Å². The van der Waals surface area contributed by atoms with Crippen molar-refractivity contribution in [1.82, 2.24) is 14.8 Å². The first-order valence-electron chi connectivity index (χ1n) is 3.66. The van der Waals surface area contributed by atoms with Crippen molar-refractivity contribution < 1.29 is 0 Å². The number of anilines is 1. The van der Waals surface area contributed by atoms with Crippen molar-refractivity contribution in [3.05, 3.63) is 24.5 Å². The van der Waals surface area contributed by atoms with E-state index in [0.29, 0.717) is 5.82 Å². The third kappa shape index (κ3) is 0.611. The maximum atomic E-state index is 5.46. The molecule has 0 radical (unpaired) electrons. The number of rotatable bonds is 1. The van der Waals surface area contributed by atoms with E-state index in [4.69, 9.17) is 5.73 Å². The van der Waals surface area contributed by atoms with Crippen LogP contribution in [0.15, 0.2) is 24.5 Å². The predicted octanol–water partition coefficient (Wildman–Crippen LogP) is 0.830. The van der Waals surface area contributed by atoms with Gasteiger partial charge in [0.25, 0.3) is 0 Å². The van der Waals surface area contributed by atoms with Gasteiger partial charge in [0, 0.05) is 23.5 Å². The van der Waals surface area contributed by atoms with E-state index in [0.717, 1.165) is 16.9 Å². The fraction of sp³-hybridized carbons (Fsp3) is 0. The summed E-state index contributed by atoms with van der Waals surface area (Å²) in [4.78, 5) is 4.00. The van der Waals surface area contributed by atoms with Gasteiger partial charge < -0.3 is 5.73 Å². The molecule has 4 heteroatoms. The van der Waals surface area contributed by atoms with Gasteiger partial charge in [0.1, 0.15) is 5.82 Å². The van der Waals surface area contributed by atoms with Crippen LogP contribution in [0.1, 0.15) is 0 Å². The summed E-state index contributed by atoms with van der Waals surface area (Å²) >= 11 is 0. The summed E-state index contributed by atoms with van der Waals surface area (Å²) in [5.74, 6) is 1.61. The van der Waals surface area contributed by atoms with Gasteiger partial charge in [-0.15, -0.1) is 5.10 Å². The highest BCUT2D eigenvalue weighted by atomic mass is 15.5. The summed E-state index contributed by atoms with van der Waals surface area (Å²) in [5, 5.41) is 4.05. The molecule has 58 valence electrons. The molecule has 1 aromatic heterocycles.